The lowest BCUT2D eigenvalue weighted by atomic mass is 9.42. The van der Waals surface area contributed by atoms with E-state index >= 15 is 0 Å². The van der Waals surface area contributed by atoms with Gasteiger partial charge in [0.2, 0.25) is 0 Å². The zero-order chi connectivity index (χ0) is 19.9. The van der Waals surface area contributed by atoms with Crippen LogP contribution in [0.3, 0.4) is 0 Å². The van der Waals surface area contributed by atoms with Crippen molar-refractivity contribution in [2.45, 2.75) is 103 Å². The van der Waals surface area contributed by atoms with Gasteiger partial charge in [0, 0.05) is 12.8 Å². The molecule has 0 aromatic heterocycles. The van der Waals surface area contributed by atoms with Gasteiger partial charge in [0.1, 0.15) is 5.78 Å². The van der Waals surface area contributed by atoms with Crippen molar-refractivity contribution in [3.8, 4) is 0 Å². The van der Waals surface area contributed by atoms with Gasteiger partial charge in [0.25, 0.3) is 0 Å². The standard InChI is InChI=1S/C25H43NO2/c1-24-13-12-22-20(21(24)10-11-23(24)28)9-8-18-16-19(27)15-17(25(18,22)2)7-5-3-4-6-14-26/h17-18,20-23,28H,3-16,26H2,1-2H3/t17-,18-,20?,21?,22?,23-,24-,25-/m0/s1. The van der Waals surface area contributed by atoms with Crippen LogP contribution in [0.25, 0.3) is 0 Å². The normalized spacial score (nSPS) is 48.1. The zero-order valence-corrected chi connectivity index (χ0v) is 18.3. The first-order valence-corrected chi connectivity index (χ1v) is 12.3. The first-order chi connectivity index (χ1) is 13.4. The van der Waals surface area contributed by atoms with E-state index in [9.17, 15) is 9.90 Å². The Kier molecular flexibility index (Phi) is 5.97. The topological polar surface area (TPSA) is 63.3 Å². The Morgan fingerprint density at radius 1 is 0.964 bits per heavy atom. The molecule has 0 heterocycles. The maximum absolute atomic E-state index is 12.6. The van der Waals surface area contributed by atoms with E-state index in [1.54, 1.807) is 0 Å². The number of aliphatic hydroxyl groups is 1. The summed E-state index contributed by atoms with van der Waals surface area (Å²) in [7, 11) is 0. The molecule has 0 aromatic rings. The van der Waals surface area contributed by atoms with Crippen LogP contribution in [0, 0.1) is 40.4 Å². The van der Waals surface area contributed by atoms with E-state index in [1.807, 2.05) is 0 Å². The molecule has 3 N–H and O–H groups in total. The molecule has 3 heteroatoms. The van der Waals surface area contributed by atoms with Gasteiger partial charge in [-0.2, -0.15) is 0 Å². The Morgan fingerprint density at radius 2 is 1.75 bits per heavy atom. The maximum Gasteiger partial charge on any atom is 0.133 e. The summed E-state index contributed by atoms with van der Waals surface area (Å²) in [5, 5.41) is 10.7. The molecule has 3 nitrogen and oxygen atoms in total. The number of fused-ring (bicyclic) bond motifs is 5. The summed E-state index contributed by atoms with van der Waals surface area (Å²) in [5.41, 5.74) is 6.16. The van der Waals surface area contributed by atoms with Gasteiger partial charge in [-0.3, -0.25) is 4.79 Å². The molecule has 0 amide bonds. The second-order valence-electron chi connectivity index (χ2n) is 11.3. The number of unbranched alkanes of at least 4 members (excludes halogenated alkanes) is 3. The van der Waals surface area contributed by atoms with Crippen molar-refractivity contribution in [2.24, 2.45) is 46.2 Å². The van der Waals surface area contributed by atoms with Crippen LogP contribution in [0.2, 0.25) is 0 Å². The van der Waals surface area contributed by atoms with Gasteiger partial charge in [-0.1, -0.05) is 33.1 Å². The van der Waals surface area contributed by atoms with Crippen LogP contribution in [0.5, 0.6) is 0 Å². The van der Waals surface area contributed by atoms with Crippen LogP contribution < -0.4 is 5.73 Å². The molecule has 0 radical (unpaired) electrons. The number of nitrogens with two attached hydrogens (primary N) is 1. The molecule has 0 aliphatic heterocycles. The monoisotopic (exact) mass is 389 g/mol. The lowest BCUT2D eigenvalue weighted by molar-refractivity contribution is -0.158. The number of hydrogen-bond acceptors (Lipinski definition) is 3. The fraction of sp³-hybridized carbons (Fsp3) is 0.960. The second-order valence-corrected chi connectivity index (χ2v) is 11.3. The highest BCUT2D eigenvalue weighted by atomic mass is 16.3. The van der Waals surface area contributed by atoms with Crippen LogP contribution in [0.15, 0.2) is 0 Å². The van der Waals surface area contributed by atoms with Crippen LogP contribution in [0.1, 0.15) is 97.3 Å². The van der Waals surface area contributed by atoms with Crippen molar-refractivity contribution in [3.63, 3.8) is 0 Å². The van der Waals surface area contributed by atoms with Crippen molar-refractivity contribution in [2.75, 3.05) is 6.54 Å². The molecule has 28 heavy (non-hydrogen) atoms. The van der Waals surface area contributed by atoms with Crippen molar-refractivity contribution in [3.05, 3.63) is 0 Å². The highest BCUT2D eigenvalue weighted by Gasteiger charge is 2.61. The molecule has 4 aliphatic rings. The SMILES string of the molecule is C[C@@]12C3CC[C@@]4(C)C(CC[C@@H]4O)C3CC[C@H]1CC(=O)C[C@@H]2CCCCCCN. The number of rotatable bonds is 6. The molecule has 0 spiro atoms. The predicted molar refractivity (Wildman–Crippen MR) is 114 cm³/mol. The van der Waals surface area contributed by atoms with Gasteiger partial charge in [0.05, 0.1) is 6.10 Å². The van der Waals surface area contributed by atoms with Gasteiger partial charge >= 0.3 is 0 Å². The zero-order valence-electron chi connectivity index (χ0n) is 18.3. The number of carbonyl (C=O) groups is 1. The van der Waals surface area contributed by atoms with E-state index in [2.05, 4.69) is 13.8 Å². The molecular formula is C25H43NO2. The molecule has 8 atom stereocenters. The van der Waals surface area contributed by atoms with Crippen molar-refractivity contribution in [1.29, 1.82) is 0 Å². The Bertz CT molecular complexity index is 577. The maximum atomic E-state index is 12.6. The van der Waals surface area contributed by atoms with Gasteiger partial charge in [0.15, 0.2) is 0 Å². The lowest BCUT2D eigenvalue weighted by Crippen LogP contribution is -2.57. The first-order valence-electron chi connectivity index (χ1n) is 12.3. The fourth-order valence-electron chi connectivity index (χ4n) is 8.55. The van der Waals surface area contributed by atoms with Crippen LogP contribution >= 0.6 is 0 Å². The highest BCUT2D eigenvalue weighted by Crippen LogP contribution is 2.67. The summed E-state index contributed by atoms with van der Waals surface area (Å²) in [5.74, 6) is 3.99. The van der Waals surface area contributed by atoms with Crippen molar-refractivity contribution in [1.82, 2.24) is 0 Å². The van der Waals surface area contributed by atoms with Gasteiger partial charge in [-0.05, 0) is 98.3 Å². The molecule has 4 fully saturated rings. The third kappa shape index (κ3) is 3.29. The van der Waals surface area contributed by atoms with E-state index in [0.29, 0.717) is 29.0 Å². The Hall–Kier alpha value is -0.410. The van der Waals surface area contributed by atoms with Crippen molar-refractivity contribution >= 4 is 5.78 Å². The minimum absolute atomic E-state index is 0.0877. The minimum Gasteiger partial charge on any atom is -0.393 e. The Labute approximate surface area is 172 Å². The number of carbonyl (C=O) groups excluding carboxylic acids is 1. The molecule has 0 saturated heterocycles. The average Bonchev–Trinajstić information content (AvgIpc) is 2.97. The summed E-state index contributed by atoms with van der Waals surface area (Å²) in [6.07, 6.45) is 15.0. The third-order valence-corrected chi connectivity index (χ3v) is 10.2. The average molecular weight is 390 g/mol. The lowest BCUT2D eigenvalue weighted by Gasteiger charge is -2.62. The van der Waals surface area contributed by atoms with Crippen molar-refractivity contribution < 1.29 is 9.90 Å². The molecule has 4 rings (SSSR count). The smallest absolute Gasteiger partial charge is 0.133 e. The van der Waals surface area contributed by atoms with E-state index in [0.717, 1.165) is 44.1 Å². The van der Waals surface area contributed by atoms with Crippen LogP contribution in [0.4, 0.5) is 0 Å². The number of aliphatic hydroxyl groups excluding tert-OH is 1. The minimum atomic E-state index is -0.0877. The van der Waals surface area contributed by atoms with E-state index in [-0.39, 0.29) is 11.5 Å². The quantitative estimate of drug-likeness (QED) is 0.622. The summed E-state index contributed by atoms with van der Waals surface area (Å²) in [6.45, 7) is 5.76. The van der Waals surface area contributed by atoms with Gasteiger partial charge < -0.3 is 10.8 Å². The van der Waals surface area contributed by atoms with Gasteiger partial charge in [-0.25, -0.2) is 0 Å². The largest absolute Gasteiger partial charge is 0.393 e. The van der Waals surface area contributed by atoms with Crippen LogP contribution in [-0.4, -0.2) is 23.5 Å². The van der Waals surface area contributed by atoms with E-state index < -0.39 is 0 Å². The third-order valence-electron chi connectivity index (χ3n) is 10.2. The molecule has 0 aromatic carbocycles. The number of Topliss-reactive ketones (excluding diaryl/α,β-unsaturated/α-hetero) is 1. The summed E-state index contributed by atoms with van der Waals surface area (Å²) in [6, 6.07) is 0. The molecule has 4 saturated carbocycles. The van der Waals surface area contributed by atoms with Crippen LogP contribution in [-0.2, 0) is 4.79 Å². The summed E-state index contributed by atoms with van der Waals surface area (Å²) < 4.78 is 0. The molecular weight excluding hydrogens is 346 g/mol. The highest BCUT2D eigenvalue weighted by molar-refractivity contribution is 5.80. The summed E-state index contributed by atoms with van der Waals surface area (Å²) >= 11 is 0. The number of ketones is 1. The fourth-order valence-corrected chi connectivity index (χ4v) is 8.55. The predicted octanol–water partition coefficient (Wildman–Crippen LogP) is 5.09. The first kappa shape index (κ1) is 20.8. The van der Waals surface area contributed by atoms with E-state index in [4.69, 9.17) is 5.73 Å². The van der Waals surface area contributed by atoms with Gasteiger partial charge in [-0.15, -0.1) is 0 Å². The Balaban J connectivity index is 1.53. The Morgan fingerprint density at radius 3 is 2.54 bits per heavy atom. The molecule has 0 bridgehead atoms. The molecule has 160 valence electrons. The molecule has 4 aliphatic carbocycles. The number of hydrogen-bond donors (Lipinski definition) is 2. The molecule has 3 unspecified atom stereocenters. The van der Waals surface area contributed by atoms with E-state index in [1.165, 1.54) is 57.8 Å². The summed E-state index contributed by atoms with van der Waals surface area (Å²) in [4.78, 5) is 12.6. The second kappa shape index (κ2) is 8.02.